The fourth-order valence-electron chi connectivity index (χ4n) is 2.68. The number of benzene rings is 1. The third-order valence-electron chi connectivity index (χ3n) is 4.09. The first-order valence-corrected chi connectivity index (χ1v) is 7.25. The summed E-state index contributed by atoms with van der Waals surface area (Å²) in [5.41, 5.74) is 2.16. The van der Waals surface area contributed by atoms with Gasteiger partial charge >= 0.3 is 5.97 Å². The number of rotatable bonds is 7. The lowest BCUT2D eigenvalue weighted by atomic mass is 10.0. The largest absolute Gasteiger partial charge is 0.481 e. The molecule has 0 aliphatic heterocycles. The average Bonchev–Trinajstić information content (AvgIpc) is 3.24. The summed E-state index contributed by atoms with van der Waals surface area (Å²) >= 11 is 0. The van der Waals surface area contributed by atoms with Crippen LogP contribution in [0.4, 0.5) is 0 Å². The number of nitrogens with zero attached hydrogens (tertiary/aromatic N) is 1. The molecule has 0 radical (unpaired) electrons. The van der Waals surface area contributed by atoms with Crippen molar-refractivity contribution in [1.29, 1.82) is 0 Å². The van der Waals surface area contributed by atoms with Crippen molar-refractivity contribution in [3.8, 4) is 0 Å². The van der Waals surface area contributed by atoms with E-state index in [0.29, 0.717) is 0 Å². The molecule has 2 aliphatic carbocycles. The lowest BCUT2D eigenvalue weighted by molar-refractivity contribution is -0.136. The number of hydrogen-bond acceptors (Lipinski definition) is 2. The predicted octanol–water partition coefficient (Wildman–Crippen LogP) is 2.69. The molecule has 1 aromatic carbocycles. The summed E-state index contributed by atoms with van der Waals surface area (Å²) in [6, 6.07) is 8.73. The molecule has 3 rings (SSSR count). The van der Waals surface area contributed by atoms with Crippen LogP contribution in [-0.2, 0) is 17.8 Å². The zero-order valence-corrected chi connectivity index (χ0v) is 11.2. The molecule has 0 spiro atoms. The minimum absolute atomic E-state index is 0.137. The van der Waals surface area contributed by atoms with Crippen LogP contribution in [0.3, 0.4) is 0 Å². The molecule has 0 saturated heterocycles. The highest BCUT2D eigenvalue weighted by molar-refractivity contribution is 5.70. The molecule has 0 unspecified atom stereocenters. The van der Waals surface area contributed by atoms with E-state index >= 15 is 0 Å². The number of hydrogen-bond donors (Lipinski definition) is 1. The van der Waals surface area contributed by atoms with Gasteiger partial charge in [0.1, 0.15) is 0 Å². The van der Waals surface area contributed by atoms with Crippen LogP contribution in [0, 0.1) is 5.92 Å². The van der Waals surface area contributed by atoms with E-state index in [0.717, 1.165) is 24.1 Å². The Bertz CT molecular complexity index is 464. The van der Waals surface area contributed by atoms with Crippen LogP contribution in [0.2, 0.25) is 0 Å². The van der Waals surface area contributed by atoms with E-state index in [-0.39, 0.29) is 6.42 Å². The van der Waals surface area contributed by atoms with Crippen LogP contribution < -0.4 is 0 Å². The fraction of sp³-hybridized carbons (Fsp3) is 0.562. The maximum atomic E-state index is 10.9. The van der Waals surface area contributed by atoms with Crippen molar-refractivity contribution in [2.45, 2.75) is 44.7 Å². The molecule has 0 atom stereocenters. The summed E-state index contributed by atoms with van der Waals surface area (Å²) in [6.07, 6.45) is 5.51. The van der Waals surface area contributed by atoms with E-state index in [9.17, 15) is 4.79 Å². The van der Waals surface area contributed by atoms with Gasteiger partial charge in [-0.3, -0.25) is 9.69 Å². The van der Waals surface area contributed by atoms with Gasteiger partial charge in [-0.15, -0.1) is 0 Å². The first-order valence-electron chi connectivity index (χ1n) is 7.25. The van der Waals surface area contributed by atoms with Gasteiger partial charge in [-0.2, -0.15) is 0 Å². The van der Waals surface area contributed by atoms with E-state index in [1.54, 1.807) is 0 Å². The minimum atomic E-state index is -0.743. The Morgan fingerprint density at radius 1 is 1.16 bits per heavy atom. The molecule has 0 amide bonds. The summed E-state index contributed by atoms with van der Waals surface area (Å²) in [6.45, 7) is 2.12. The molecule has 3 heteroatoms. The molecule has 1 N–H and O–H groups in total. The number of aliphatic carboxylic acids is 1. The Hall–Kier alpha value is -1.35. The third-order valence-corrected chi connectivity index (χ3v) is 4.09. The standard InChI is InChI=1S/C16H21NO2/c18-16(19)9-13-3-1-2-4-14(13)11-17(15-7-8-15)10-12-5-6-12/h1-4,12,15H,5-11H2,(H,18,19). The molecular formula is C16H21NO2. The van der Waals surface area contributed by atoms with Gasteiger partial charge in [0, 0.05) is 19.1 Å². The number of carboxylic acid groups (broad SMARTS) is 1. The molecule has 2 saturated carbocycles. The fourth-order valence-corrected chi connectivity index (χ4v) is 2.68. The summed E-state index contributed by atoms with van der Waals surface area (Å²) in [5, 5.41) is 8.99. The highest BCUT2D eigenvalue weighted by Gasteiger charge is 2.33. The van der Waals surface area contributed by atoms with Crippen LogP contribution in [0.1, 0.15) is 36.8 Å². The molecule has 19 heavy (non-hydrogen) atoms. The Kier molecular flexibility index (Phi) is 3.56. The van der Waals surface area contributed by atoms with Crippen molar-refractivity contribution in [2.24, 2.45) is 5.92 Å². The van der Waals surface area contributed by atoms with Crippen LogP contribution in [-0.4, -0.2) is 28.6 Å². The second-order valence-corrected chi connectivity index (χ2v) is 5.94. The molecule has 2 fully saturated rings. The first kappa shape index (κ1) is 12.7. The van der Waals surface area contributed by atoms with Gasteiger partial charge in [0.25, 0.3) is 0 Å². The van der Waals surface area contributed by atoms with E-state index in [4.69, 9.17) is 5.11 Å². The minimum Gasteiger partial charge on any atom is -0.481 e. The topological polar surface area (TPSA) is 40.5 Å². The van der Waals surface area contributed by atoms with Crippen molar-refractivity contribution >= 4 is 5.97 Å². The number of carboxylic acids is 1. The zero-order chi connectivity index (χ0) is 13.2. The van der Waals surface area contributed by atoms with Crippen LogP contribution in [0.25, 0.3) is 0 Å². The number of carbonyl (C=O) groups is 1. The average molecular weight is 259 g/mol. The van der Waals surface area contributed by atoms with Crippen molar-refractivity contribution in [3.05, 3.63) is 35.4 Å². The molecule has 1 aromatic rings. The molecule has 3 nitrogen and oxygen atoms in total. The van der Waals surface area contributed by atoms with Gasteiger partial charge in [-0.1, -0.05) is 24.3 Å². The highest BCUT2D eigenvalue weighted by atomic mass is 16.4. The van der Waals surface area contributed by atoms with Gasteiger partial charge in [0.05, 0.1) is 6.42 Å². The van der Waals surface area contributed by atoms with Gasteiger partial charge in [0.15, 0.2) is 0 Å². The van der Waals surface area contributed by atoms with Gasteiger partial charge in [0.2, 0.25) is 0 Å². The maximum Gasteiger partial charge on any atom is 0.307 e. The summed E-state index contributed by atoms with van der Waals surface area (Å²) in [7, 11) is 0. The molecule has 2 aliphatic rings. The van der Waals surface area contributed by atoms with Crippen molar-refractivity contribution in [2.75, 3.05) is 6.54 Å². The molecule has 102 valence electrons. The Balaban J connectivity index is 1.70. The molecule has 0 bridgehead atoms. The molecule has 0 aromatic heterocycles. The van der Waals surface area contributed by atoms with Crippen LogP contribution in [0.15, 0.2) is 24.3 Å². The predicted molar refractivity (Wildman–Crippen MR) is 73.9 cm³/mol. The lowest BCUT2D eigenvalue weighted by Crippen LogP contribution is -2.28. The molecular weight excluding hydrogens is 238 g/mol. The van der Waals surface area contributed by atoms with Gasteiger partial charge < -0.3 is 5.11 Å². The lowest BCUT2D eigenvalue weighted by Gasteiger charge is -2.23. The first-order chi connectivity index (χ1) is 9.22. The van der Waals surface area contributed by atoms with E-state index in [1.807, 2.05) is 18.2 Å². The van der Waals surface area contributed by atoms with Crippen LogP contribution in [0.5, 0.6) is 0 Å². The quantitative estimate of drug-likeness (QED) is 0.818. The van der Waals surface area contributed by atoms with Crippen LogP contribution >= 0.6 is 0 Å². The summed E-state index contributed by atoms with van der Waals surface area (Å²) < 4.78 is 0. The summed E-state index contributed by atoms with van der Waals surface area (Å²) in [5.74, 6) is 0.153. The zero-order valence-electron chi connectivity index (χ0n) is 11.2. The second kappa shape index (κ2) is 5.33. The summed E-state index contributed by atoms with van der Waals surface area (Å²) in [4.78, 5) is 13.5. The van der Waals surface area contributed by atoms with E-state index in [2.05, 4.69) is 11.0 Å². The monoisotopic (exact) mass is 259 g/mol. The van der Waals surface area contributed by atoms with Crippen molar-refractivity contribution in [3.63, 3.8) is 0 Å². The normalized spacial score (nSPS) is 18.8. The third kappa shape index (κ3) is 3.57. The Morgan fingerprint density at radius 3 is 2.42 bits per heavy atom. The van der Waals surface area contributed by atoms with Crippen molar-refractivity contribution < 1.29 is 9.90 Å². The highest BCUT2D eigenvalue weighted by Crippen LogP contribution is 2.35. The Morgan fingerprint density at radius 2 is 1.84 bits per heavy atom. The van der Waals surface area contributed by atoms with Gasteiger partial charge in [-0.05, 0) is 42.7 Å². The second-order valence-electron chi connectivity index (χ2n) is 5.94. The van der Waals surface area contributed by atoms with Crippen molar-refractivity contribution in [1.82, 2.24) is 4.90 Å². The maximum absolute atomic E-state index is 10.9. The Labute approximate surface area is 114 Å². The SMILES string of the molecule is O=C(O)Cc1ccccc1CN(CC1CC1)C1CC1. The molecule has 0 heterocycles. The van der Waals surface area contributed by atoms with E-state index in [1.165, 1.54) is 37.8 Å². The van der Waals surface area contributed by atoms with Gasteiger partial charge in [-0.25, -0.2) is 0 Å². The smallest absolute Gasteiger partial charge is 0.307 e. The van der Waals surface area contributed by atoms with E-state index < -0.39 is 5.97 Å².